The summed E-state index contributed by atoms with van der Waals surface area (Å²) < 4.78 is 2.04. The van der Waals surface area contributed by atoms with E-state index in [1.807, 2.05) is 35.8 Å². The van der Waals surface area contributed by atoms with E-state index in [2.05, 4.69) is 28.8 Å². The van der Waals surface area contributed by atoms with E-state index < -0.39 is 0 Å². The largest absolute Gasteiger partial charge is 0.337 e. The molecule has 0 saturated carbocycles. The van der Waals surface area contributed by atoms with Crippen LogP contribution in [0.5, 0.6) is 0 Å². The highest BCUT2D eigenvalue weighted by molar-refractivity contribution is 6.30. The molecule has 0 aliphatic rings. The fourth-order valence-corrected chi connectivity index (χ4v) is 2.56. The number of fused-ring (bicyclic) bond motifs is 1. The molecule has 1 N–H and O–H groups in total. The van der Waals surface area contributed by atoms with E-state index in [0.29, 0.717) is 24.5 Å². The van der Waals surface area contributed by atoms with E-state index in [4.69, 9.17) is 16.6 Å². The number of rotatable bonds is 4. The van der Waals surface area contributed by atoms with Crippen molar-refractivity contribution in [3.8, 4) is 0 Å². The zero-order valence-corrected chi connectivity index (χ0v) is 14.3. The van der Waals surface area contributed by atoms with Crippen LogP contribution >= 0.6 is 11.6 Å². The number of H-pyrrole nitrogens is 1. The van der Waals surface area contributed by atoms with Gasteiger partial charge in [0, 0.05) is 17.5 Å². The topological polar surface area (TPSA) is 58.9 Å². The van der Waals surface area contributed by atoms with Crippen LogP contribution in [-0.4, -0.2) is 26.1 Å². The average Bonchev–Trinajstić information content (AvgIpc) is 2.98. The molecule has 1 aromatic carbocycles. The molecular weight excluding hydrogens is 310 g/mol. The van der Waals surface area contributed by atoms with Gasteiger partial charge in [0.1, 0.15) is 11.3 Å². The van der Waals surface area contributed by atoms with Gasteiger partial charge >= 0.3 is 0 Å². The van der Waals surface area contributed by atoms with Crippen molar-refractivity contribution in [2.75, 3.05) is 6.54 Å². The monoisotopic (exact) mass is 329 g/mol. The fraction of sp³-hybridized carbons (Fsp3) is 0.353. The van der Waals surface area contributed by atoms with Gasteiger partial charge in [-0.25, -0.2) is 9.97 Å². The summed E-state index contributed by atoms with van der Waals surface area (Å²) in [6, 6.07) is 7.82. The first-order valence-electron chi connectivity index (χ1n) is 7.78. The van der Waals surface area contributed by atoms with Crippen LogP contribution in [0, 0.1) is 0 Å². The minimum atomic E-state index is 0.320. The van der Waals surface area contributed by atoms with Crippen molar-refractivity contribution in [2.24, 2.45) is 4.99 Å². The zero-order chi connectivity index (χ0) is 16.4. The highest BCUT2D eigenvalue weighted by Gasteiger charge is 2.12. The highest BCUT2D eigenvalue weighted by atomic mass is 35.5. The van der Waals surface area contributed by atoms with Gasteiger partial charge in [-0.05, 0) is 24.6 Å². The number of hydrogen-bond donors (Lipinski definition) is 1. The van der Waals surface area contributed by atoms with Crippen molar-refractivity contribution in [2.45, 2.75) is 33.2 Å². The minimum Gasteiger partial charge on any atom is -0.337 e. The van der Waals surface area contributed by atoms with Gasteiger partial charge in [-0.3, -0.25) is 4.99 Å². The van der Waals surface area contributed by atoms with Crippen molar-refractivity contribution in [3.05, 3.63) is 52.5 Å². The fourth-order valence-electron chi connectivity index (χ4n) is 2.43. The number of hydrogen-bond acceptors (Lipinski definition) is 3. The summed E-state index contributed by atoms with van der Waals surface area (Å²) in [5.74, 6) is 1.27. The van der Waals surface area contributed by atoms with Crippen molar-refractivity contribution < 1.29 is 0 Å². The second-order valence-corrected chi connectivity index (χ2v) is 6.21. The van der Waals surface area contributed by atoms with Crippen LogP contribution in [-0.2, 0) is 6.54 Å². The van der Waals surface area contributed by atoms with Crippen molar-refractivity contribution >= 4 is 22.8 Å². The quantitative estimate of drug-likeness (QED) is 0.796. The van der Waals surface area contributed by atoms with Crippen LogP contribution in [0.4, 0.5) is 0 Å². The molecule has 120 valence electrons. The SMILES string of the molecule is CCN=c1ncn(Cc2ccc(Cl)cc2)c2nc(C(C)C)[nH]c12. The lowest BCUT2D eigenvalue weighted by molar-refractivity contribution is 0.771. The molecule has 0 spiro atoms. The number of aromatic amines is 1. The van der Waals surface area contributed by atoms with Crippen LogP contribution < -0.4 is 5.49 Å². The molecule has 0 amide bonds. The molecule has 6 heteroatoms. The first-order valence-corrected chi connectivity index (χ1v) is 8.16. The number of halogens is 1. The third kappa shape index (κ3) is 3.29. The Hall–Kier alpha value is -2.14. The van der Waals surface area contributed by atoms with Crippen molar-refractivity contribution in [1.29, 1.82) is 0 Å². The Morgan fingerprint density at radius 2 is 2.00 bits per heavy atom. The molecule has 23 heavy (non-hydrogen) atoms. The van der Waals surface area contributed by atoms with Crippen LogP contribution in [0.1, 0.15) is 38.1 Å². The first kappa shape index (κ1) is 15.7. The summed E-state index contributed by atoms with van der Waals surface area (Å²) in [4.78, 5) is 17.1. The Kier molecular flexibility index (Phi) is 4.48. The Morgan fingerprint density at radius 3 is 2.65 bits per heavy atom. The predicted molar refractivity (Wildman–Crippen MR) is 92.6 cm³/mol. The van der Waals surface area contributed by atoms with E-state index in [1.54, 1.807) is 6.33 Å². The number of nitrogens with zero attached hydrogens (tertiary/aromatic N) is 4. The molecule has 0 saturated heterocycles. The van der Waals surface area contributed by atoms with E-state index >= 15 is 0 Å². The van der Waals surface area contributed by atoms with E-state index in [1.165, 1.54) is 0 Å². The molecule has 2 heterocycles. The number of benzene rings is 1. The molecule has 2 aromatic heterocycles. The zero-order valence-electron chi connectivity index (χ0n) is 13.5. The summed E-state index contributed by atoms with van der Waals surface area (Å²) >= 11 is 5.95. The second-order valence-electron chi connectivity index (χ2n) is 5.77. The molecule has 0 aliphatic heterocycles. The minimum absolute atomic E-state index is 0.320. The van der Waals surface area contributed by atoms with Crippen LogP contribution in [0.15, 0.2) is 35.6 Å². The third-order valence-corrected chi connectivity index (χ3v) is 3.89. The van der Waals surface area contributed by atoms with Gasteiger partial charge < -0.3 is 9.55 Å². The van der Waals surface area contributed by atoms with Gasteiger partial charge in [0.25, 0.3) is 0 Å². The maximum Gasteiger partial charge on any atom is 0.176 e. The summed E-state index contributed by atoms with van der Waals surface area (Å²) in [7, 11) is 0. The standard InChI is InChI=1S/C17H20ClN5/c1-4-19-16-14-17(22-15(21-14)11(2)3)23(10-20-16)9-12-5-7-13(18)8-6-12/h5-8,10-11H,4,9H2,1-3H3,(H,21,22). The number of nitrogens with one attached hydrogen (secondary N) is 1. The van der Waals surface area contributed by atoms with Gasteiger partial charge in [-0.2, -0.15) is 0 Å². The predicted octanol–water partition coefficient (Wildman–Crippen LogP) is 3.51. The normalized spacial score (nSPS) is 12.5. The molecule has 0 fully saturated rings. The third-order valence-electron chi connectivity index (χ3n) is 3.64. The smallest absolute Gasteiger partial charge is 0.176 e. The molecule has 0 aliphatic carbocycles. The van der Waals surface area contributed by atoms with Crippen molar-refractivity contribution in [1.82, 2.24) is 19.5 Å². The molecule has 0 radical (unpaired) electrons. The summed E-state index contributed by atoms with van der Waals surface area (Å²) in [6.45, 7) is 7.62. The average molecular weight is 330 g/mol. The molecule has 0 unspecified atom stereocenters. The molecule has 0 bridgehead atoms. The Balaban J connectivity index is 2.11. The van der Waals surface area contributed by atoms with Gasteiger partial charge in [0.05, 0.1) is 12.9 Å². The van der Waals surface area contributed by atoms with Gasteiger partial charge in [0.2, 0.25) is 0 Å². The van der Waals surface area contributed by atoms with E-state index in [0.717, 1.165) is 27.6 Å². The molecule has 5 nitrogen and oxygen atoms in total. The maximum atomic E-state index is 5.95. The molecule has 3 aromatic rings. The van der Waals surface area contributed by atoms with Gasteiger partial charge in [-0.15, -0.1) is 0 Å². The van der Waals surface area contributed by atoms with Gasteiger partial charge in [-0.1, -0.05) is 37.6 Å². The van der Waals surface area contributed by atoms with Crippen LogP contribution in [0.3, 0.4) is 0 Å². The molecule has 0 atom stereocenters. The van der Waals surface area contributed by atoms with E-state index in [9.17, 15) is 0 Å². The Morgan fingerprint density at radius 1 is 1.26 bits per heavy atom. The maximum absolute atomic E-state index is 5.95. The lowest BCUT2D eigenvalue weighted by atomic mass is 10.2. The highest BCUT2D eigenvalue weighted by Crippen LogP contribution is 2.16. The Bertz CT molecular complexity index is 874. The lowest BCUT2D eigenvalue weighted by Crippen LogP contribution is -2.15. The molecule has 3 rings (SSSR count). The van der Waals surface area contributed by atoms with Crippen LogP contribution in [0.2, 0.25) is 5.02 Å². The van der Waals surface area contributed by atoms with Gasteiger partial charge in [0.15, 0.2) is 11.1 Å². The van der Waals surface area contributed by atoms with Crippen LogP contribution in [0.25, 0.3) is 11.2 Å². The summed E-state index contributed by atoms with van der Waals surface area (Å²) in [6.07, 6.45) is 1.80. The lowest BCUT2D eigenvalue weighted by Gasteiger charge is -2.07. The number of imidazole rings is 1. The first-order chi connectivity index (χ1) is 11.1. The van der Waals surface area contributed by atoms with E-state index in [-0.39, 0.29) is 0 Å². The summed E-state index contributed by atoms with van der Waals surface area (Å²) in [5, 5.41) is 0.737. The second kappa shape index (κ2) is 6.54. The Labute approximate surface area is 140 Å². The summed E-state index contributed by atoms with van der Waals surface area (Å²) in [5.41, 5.74) is 3.64. The molecular formula is C17H20ClN5. The van der Waals surface area contributed by atoms with Crippen molar-refractivity contribution in [3.63, 3.8) is 0 Å². The number of aromatic nitrogens is 4.